The molecule has 3 aliphatic heterocycles. The van der Waals surface area contributed by atoms with Gasteiger partial charge in [-0.15, -0.1) is 0 Å². The maximum Gasteiger partial charge on any atom is 0.330 e. The number of ketones is 2. The second kappa shape index (κ2) is 20.8. The van der Waals surface area contributed by atoms with Gasteiger partial charge in [0.15, 0.2) is 11.6 Å². The van der Waals surface area contributed by atoms with E-state index in [-0.39, 0.29) is 30.3 Å². The minimum atomic E-state index is -2.22. The van der Waals surface area contributed by atoms with Gasteiger partial charge in [0.25, 0.3) is 0 Å². The predicted molar refractivity (Wildman–Crippen MR) is 216 cm³/mol. The Morgan fingerprint density at radius 3 is 2.11 bits per heavy atom. The summed E-state index contributed by atoms with van der Waals surface area (Å²) in [6.07, 6.45) is 5.74. The quantitative estimate of drug-likeness (QED) is 0.212. The van der Waals surface area contributed by atoms with E-state index in [4.69, 9.17) is 14.2 Å². The van der Waals surface area contributed by atoms with Crippen LogP contribution in [0.3, 0.4) is 0 Å². The lowest BCUT2D eigenvalue weighted by Crippen LogP contribution is -2.62. The number of aliphatic hydroxyl groups excluding tert-OH is 5. The van der Waals surface area contributed by atoms with Gasteiger partial charge in [-0.05, 0) is 51.4 Å². The zero-order chi connectivity index (χ0) is 43.2. The molecule has 0 aliphatic carbocycles. The number of allylic oxidation sites excluding steroid dienone is 3. The molecule has 0 aromatic carbocycles. The van der Waals surface area contributed by atoms with Gasteiger partial charge < -0.3 is 44.8 Å². The van der Waals surface area contributed by atoms with Crippen molar-refractivity contribution in [3.8, 4) is 0 Å². The first-order valence-corrected chi connectivity index (χ1v) is 21.3. The fourth-order valence-electron chi connectivity index (χ4n) is 9.07. The molecule has 57 heavy (non-hydrogen) atoms. The van der Waals surface area contributed by atoms with Crippen molar-refractivity contribution in [1.82, 2.24) is 0 Å². The first-order chi connectivity index (χ1) is 26.5. The third-order valence-corrected chi connectivity index (χ3v) is 13.5. The molecule has 12 heteroatoms. The number of hydrogen-bond donors (Lipinski definition) is 6. The van der Waals surface area contributed by atoms with Crippen LogP contribution in [0.1, 0.15) is 115 Å². The monoisotopic (exact) mass is 807 g/mol. The predicted octanol–water partition coefficient (Wildman–Crippen LogP) is 4.85. The van der Waals surface area contributed by atoms with E-state index in [1.54, 1.807) is 32.9 Å². The molecule has 3 rings (SSSR count). The topological polar surface area (TPSA) is 200 Å². The Kier molecular flexibility index (Phi) is 17.9. The highest BCUT2D eigenvalue weighted by atomic mass is 16.7. The minimum absolute atomic E-state index is 0.164. The standard InChI is InChI=1S/C45H74O12/c1-12-33-17-15-13-14-16-26(4)42(52)44(11,54)43(53)31(9)40(51)30(8)39(50)29(7)38(49)25(3)18-19-37(48)55-41-28(6)36(23-34(33)47)57-45(32(41)10)21-20-24(2)35(56-45)22-27(5)46/h13-15,17-19,24-36,38,40-42,46-47,49,51-52,54H,12,16,20-23H2,1-11H3/b14-13+,17-15+,19-18+/t24-,25-,26+,27+,28+,29-,30-,31-,32-,33-,34?,35-,36-,38+,40+,41+,42-,44-,45+/m1/s1. The van der Waals surface area contributed by atoms with Crippen LogP contribution in [-0.4, -0.2) is 108 Å². The van der Waals surface area contributed by atoms with Gasteiger partial charge in [0.05, 0.1) is 42.7 Å². The normalized spacial score (nSPS) is 47.5. The molecule has 3 heterocycles. The van der Waals surface area contributed by atoms with Crippen molar-refractivity contribution in [3.05, 3.63) is 36.5 Å². The van der Waals surface area contributed by atoms with E-state index in [1.807, 2.05) is 32.9 Å². The van der Waals surface area contributed by atoms with E-state index in [1.165, 1.54) is 39.8 Å². The lowest BCUT2D eigenvalue weighted by Gasteiger charge is -2.55. The lowest BCUT2D eigenvalue weighted by molar-refractivity contribution is -0.372. The molecule has 1 unspecified atom stereocenters. The zero-order valence-electron chi connectivity index (χ0n) is 36.2. The average molecular weight is 807 g/mol. The van der Waals surface area contributed by atoms with Crippen LogP contribution in [0.2, 0.25) is 0 Å². The number of aliphatic hydroxyl groups is 6. The Balaban J connectivity index is 2.02. The molecule has 0 aromatic rings. The number of carbonyl (C=O) groups is 3. The summed E-state index contributed by atoms with van der Waals surface area (Å²) >= 11 is 0. The number of ether oxygens (including phenoxy) is 3. The zero-order valence-corrected chi connectivity index (χ0v) is 36.2. The van der Waals surface area contributed by atoms with Crippen LogP contribution in [0.5, 0.6) is 0 Å². The Morgan fingerprint density at radius 1 is 0.860 bits per heavy atom. The molecule has 0 aromatic heterocycles. The summed E-state index contributed by atoms with van der Waals surface area (Å²) in [5, 5.41) is 66.7. The number of esters is 1. The third kappa shape index (κ3) is 11.7. The smallest absolute Gasteiger partial charge is 0.330 e. The van der Waals surface area contributed by atoms with Gasteiger partial charge >= 0.3 is 5.97 Å². The third-order valence-electron chi connectivity index (χ3n) is 13.5. The van der Waals surface area contributed by atoms with E-state index >= 15 is 0 Å². The summed E-state index contributed by atoms with van der Waals surface area (Å²) in [7, 11) is 0. The van der Waals surface area contributed by atoms with Crippen molar-refractivity contribution < 1.29 is 59.2 Å². The number of Topliss-reactive ketones (excluding diaryl/α,β-unsaturated/α-hetero) is 2. The van der Waals surface area contributed by atoms with Crippen LogP contribution >= 0.6 is 0 Å². The fourth-order valence-corrected chi connectivity index (χ4v) is 9.07. The summed E-state index contributed by atoms with van der Waals surface area (Å²) in [6.45, 7) is 18.6. The summed E-state index contributed by atoms with van der Waals surface area (Å²) in [5.74, 6) is -8.49. The van der Waals surface area contributed by atoms with E-state index in [9.17, 15) is 45.0 Å². The highest BCUT2D eigenvalue weighted by Gasteiger charge is 2.56. The summed E-state index contributed by atoms with van der Waals surface area (Å²) in [6, 6.07) is 0. The Hall–Kier alpha value is -2.29. The van der Waals surface area contributed by atoms with E-state index in [0.717, 1.165) is 6.42 Å². The Labute approximate surface area is 340 Å². The molecule has 19 atom stereocenters. The highest BCUT2D eigenvalue weighted by molar-refractivity contribution is 5.91. The van der Waals surface area contributed by atoms with Crippen molar-refractivity contribution in [2.24, 2.45) is 53.3 Å². The lowest BCUT2D eigenvalue weighted by atomic mass is 9.74. The molecule has 0 amide bonds. The Bertz CT molecular complexity index is 1420. The number of fused-ring (bicyclic) bond motifs is 2. The molecule has 2 fully saturated rings. The first kappa shape index (κ1) is 49.1. The van der Waals surface area contributed by atoms with E-state index in [2.05, 4.69) is 6.92 Å². The number of hydrogen-bond acceptors (Lipinski definition) is 12. The summed E-state index contributed by atoms with van der Waals surface area (Å²) < 4.78 is 19.8. The van der Waals surface area contributed by atoms with Gasteiger partial charge in [0, 0.05) is 60.3 Å². The summed E-state index contributed by atoms with van der Waals surface area (Å²) in [5.41, 5.74) is -2.22. The fraction of sp³-hybridized carbons (Fsp3) is 0.800. The molecule has 2 bridgehead atoms. The van der Waals surface area contributed by atoms with Crippen LogP contribution in [0.15, 0.2) is 36.5 Å². The molecular formula is C45H74O12. The van der Waals surface area contributed by atoms with Crippen molar-refractivity contribution >= 4 is 17.5 Å². The van der Waals surface area contributed by atoms with Gasteiger partial charge in [-0.25, -0.2) is 4.79 Å². The molecule has 6 N–H and O–H groups in total. The number of rotatable bonds is 3. The first-order valence-electron chi connectivity index (χ1n) is 21.3. The second-order valence-electron chi connectivity index (χ2n) is 18.1. The maximum atomic E-state index is 13.5. The molecule has 12 nitrogen and oxygen atoms in total. The van der Waals surface area contributed by atoms with Crippen LogP contribution in [0.25, 0.3) is 0 Å². The average Bonchev–Trinajstić information content (AvgIpc) is 3.17. The van der Waals surface area contributed by atoms with Crippen LogP contribution in [0.4, 0.5) is 0 Å². The highest BCUT2D eigenvalue weighted by Crippen LogP contribution is 2.49. The molecule has 0 saturated carbocycles. The van der Waals surface area contributed by atoms with Crippen LogP contribution in [-0.2, 0) is 28.6 Å². The minimum Gasteiger partial charge on any atom is -0.458 e. The molecule has 1 spiro atoms. The second-order valence-corrected chi connectivity index (χ2v) is 18.1. The van der Waals surface area contributed by atoms with Crippen LogP contribution < -0.4 is 0 Å². The SMILES string of the molecule is CC[C@@H]1/C=C/C=C/C[C@H](C)[C@@H](O)[C@@](C)(O)C(=O)[C@H](C)[C@@H](O)[C@H](C)C(=O)[C@H](C)[C@@H](O)[C@H](C)/C=C/C(=O)O[C@H]2[C@@H](C)[C@@H](CC1O)O[C@@]1(CC[C@@H](C)[C@@H](C[C@H](C)O)O1)[C@@H]2C. The number of carbonyl (C=O) groups excluding carboxylic acids is 3. The van der Waals surface area contributed by atoms with Crippen molar-refractivity contribution in [2.45, 2.75) is 175 Å². The largest absolute Gasteiger partial charge is 0.458 e. The molecule has 2 saturated heterocycles. The van der Waals surface area contributed by atoms with E-state index < -0.39 is 107 Å². The van der Waals surface area contributed by atoms with Gasteiger partial charge in [0.2, 0.25) is 0 Å². The van der Waals surface area contributed by atoms with Gasteiger partial charge in [0.1, 0.15) is 17.5 Å². The van der Waals surface area contributed by atoms with E-state index in [0.29, 0.717) is 25.7 Å². The van der Waals surface area contributed by atoms with Crippen molar-refractivity contribution in [2.75, 3.05) is 0 Å². The molecule has 3 aliphatic rings. The Morgan fingerprint density at radius 2 is 1.49 bits per heavy atom. The molecule has 326 valence electrons. The van der Waals surface area contributed by atoms with Crippen molar-refractivity contribution in [1.29, 1.82) is 0 Å². The van der Waals surface area contributed by atoms with Crippen LogP contribution in [0, 0.1) is 53.3 Å². The maximum absolute atomic E-state index is 13.5. The molecule has 0 radical (unpaired) electrons. The molecular weight excluding hydrogens is 732 g/mol. The van der Waals surface area contributed by atoms with Gasteiger partial charge in [-0.1, -0.05) is 92.7 Å². The van der Waals surface area contributed by atoms with Crippen molar-refractivity contribution in [3.63, 3.8) is 0 Å². The van der Waals surface area contributed by atoms with Gasteiger partial charge in [-0.3, -0.25) is 9.59 Å². The summed E-state index contributed by atoms with van der Waals surface area (Å²) in [4.78, 5) is 40.6. The van der Waals surface area contributed by atoms with Gasteiger partial charge in [-0.2, -0.15) is 0 Å².